The highest BCUT2D eigenvalue weighted by atomic mass is 19.1. The van der Waals surface area contributed by atoms with Gasteiger partial charge in [-0.1, -0.05) is 19.1 Å². The standard InChI is InChI=1S/C10H12FO/c1-2-8(7-12)9-3-5-10(11)6-4-9/h2-6,8,12H,7H2,1H3. The zero-order valence-electron chi connectivity index (χ0n) is 7.00. The fourth-order valence-corrected chi connectivity index (χ4v) is 1.11. The van der Waals surface area contributed by atoms with Crippen LogP contribution in [0.5, 0.6) is 0 Å². The number of benzene rings is 1. The van der Waals surface area contributed by atoms with Gasteiger partial charge in [-0.3, -0.25) is 0 Å². The molecule has 1 rings (SSSR count). The summed E-state index contributed by atoms with van der Waals surface area (Å²) in [4.78, 5) is 0. The first kappa shape index (κ1) is 9.20. The van der Waals surface area contributed by atoms with E-state index in [1.165, 1.54) is 12.1 Å². The van der Waals surface area contributed by atoms with Gasteiger partial charge in [0.25, 0.3) is 0 Å². The van der Waals surface area contributed by atoms with Gasteiger partial charge in [-0.05, 0) is 24.1 Å². The van der Waals surface area contributed by atoms with Gasteiger partial charge in [-0.25, -0.2) is 4.39 Å². The van der Waals surface area contributed by atoms with Crippen LogP contribution in [0.2, 0.25) is 0 Å². The third-order valence-electron chi connectivity index (χ3n) is 1.90. The Bertz CT molecular complexity index is 226. The predicted molar refractivity (Wildman–Crippen MR) is 46.2 cm³/mol. The van der Waals surface area contributed by atoms with Crippen molar-refractivity contribution in [3.63, 3.8) is 0 Å². The summed E-state index contributed by atoms with van der Waals surface area (Å²) in [5.74, 6) is -0.225. The molecule has 1 aromatic carbocycles. The summed E-state index contributed by atoms with van der Waals surface area (Å²) < 4.78 is 12.5. The van der Waals surface area contributed by atoms with E-state index in [1.54, 1.807) is 12.1 Å². The molecule has 1 aromatic rings. The van der Waals surface area contributed by atoms with Crippen LogP contribution in [-0.4, -0.2) is 11.7 Å². The molecule has 1 nitrogen and oxygen atoms in total. The highest BCUT2D eigenvalue weighted by Gasteiger charge is 2.06. The first-order chi connectivity index (χ1) is 5.77. The number of hydrogen-bond acceptors (Lipinski definition) is 1. The average molecular weight is 167 g/mol. The molecule has 0 saturated heterocycles. The van der Waals surface area contributed by atoms with Gasteiger partial charge >= 0.3 is 0 Å². The minimum Gasteiger partial charge on any atom is -0.396 e. The van der Waals surface area contributed by atoms with Crippen molar-refractivity contribution in [1.29, 1.82) is 0 Å². The van der Waals surface area contributed by atoms with E-state index >= 15 is 0 Å². The van der Waals surface area contributed by atoms with Gasteiger partial charge in [0.2, 0.25) is 0 Å². The maximum atomic E-state index is 12.5. The van der Waals surface area contributed by atoms with Crippen molar-refractivity contribution >= 4 is 0 Å². The molecule has 1 radical (unpaired) electrons. The molecular formula is C10H12FO. The van der Waals surface area contributed by atoms with Gasteiger partial charge in [0.15, 0.2) is 0 Å². The topological polar surface area (TPSA) is 20.2 Å². The van der Waals surface area contributed by atoms with Crippen LogP contribution in [0, 0.1) is 12.2 Å². The molecule has 0 saturated carbocycles. The van der Waals surface area contributed by atoms with E-state index in [9.17, 15) is 4.39 Å². The zero-order valence-corrected chi connectivity index (χ0v) is 7.00. The van der Waals surface area contributed by atoms with E-state index in [1.807, 2.05) is 13.3 Å². The van der Waals surface area contributed by atoms with E-state index in [0.29, 0.717) is 0 Å². The van der Waals surface area contributed by atoms with Crippen LogP contribution in [0.25, 0.3) is 0 Å². The van der Waals surface area contributed by atoms with E-state index in [0.717, 1.165) is 5.56 Å². The van der Waals surface area contributed by atoms with Crippen molar-refractivity contribution in [2.24, 2.45) is 0 Å². The summed E-state index contributed by atoms with van der Waals surface area (Å²) in [5.41, 5.74) is 0.946. The number of halogens is 1. The van der Waals surface area contributed by atoms with Crippen LogP contribution < -0.4 is 0 Å². The second kappa shape index (κ2) is 4.21. The van der Waals surface area contributed by atoms with Crippen LogP contribution in [0.1, 0.15) is 18.4 Å². The third kappa shape index (κ3) is 2.05. The fourth-order valence-electron chi connectivity index (χ4n) is 1.11. The molecule has 0 aliphatic carbocycles. The highest BCUT2D eigenvalue weighted by molar-refractivity contribution is 5.22. The third-order valence-corrected chi connectivity index (χ3v) is 1.90. The summed E-state index contributed by atoms with van der Waals surface area (Å²) in [6.45, 7) is 1.95. The molecule has 1 N–H and O–H groups in total. The number of rotatable bonds is 3. The van der Waals surface area contributed by atoms with Gasteiger partial charge in [-0.15, -0.1) is 0 Å². The summed E-state index contributed by atoms with van der Waals surface area (Å²) in [6.07, 6.45) is 1.90. The van der Waals surface area contributed by atoms with E-state index in [4.69, 9.17) is 5.11 Å². The van der Waals surface area contributed by atoms with E-state index < -0.39 is 0 Å². The molecule has 0 aliphatic rings. The summed E-state index contributed by atoms with van der Waals surface area (Å²) >= 11 is 0. The normalized spacial score (nSPS) is 12.9. The molecule has 1 unspecified atom stereocenters. The van der Waals surface area contributed by atoms with Gasteiger partial charge in [0.1, 0.15) is 5.82 Å². The quantitative estimate of drug-likeness (QED) is 0.731. The smallest absolute Gasteiger partial charge is 0.123 e. The molecule has 12 heavy (non-hydrogen) atoms. The largest absolute Gasteiger partial charge is 0.396 e. The molecule has 0 aromatic heterocycles. The lowest BCUT2D eigenvalue weighted by molar-refractivity contribution is 0.277. The maximum Gasteiger partial charge on any atom is 0.123 e. The molecule has 0 fully saturated rings. The zero-order chi connectivity index (χ0) is 8.97. The minimum atomic E-state index is -0.244. The second-order valence-corrected chi connectivity index (χ2v) is 2.67. The Morgan fingerprint density at radius 1 is 1.42 bits per heavy atom. The van der Waals surface area contributed by atoms with Crippen molar-refractivity contribution in [3.8, 4) is 0 Å². The Hall–Kier alpha value is -0.890. The molecule has 1 atom stereocenters. The monoisotopic (exact) mass is 167 g/mol. The average Bonchev–Trinajstić information content (AvgIpc) is 2.10. The molecule has 2 heteroatoms. The van der Waals surface area contributed by atoms with Crippen molar-refractivity contribution in [1.82, 2.24) is 0 Å². The molecule has 0 aliphatic heterocycles. The molecule has 65 valence electrons. The first-order valence-corrected chi connectivity index (χ1v) is 3.93. The second-order valence-electron chi connectivity index (χ2n) is 2.67. The van der Waals surface area contributed by atoms with Crippen LogP contribution >= 0.6 is 0 Å². The molecule has 0 heterocycles. The molecule has 0 spiro atoms. The van der Waals surface area contributed by atoms with Crippen LogP contribution in [0.15, 0.2) is 24.3 Å². The van der Waals surface area contributed by atoms with Gasteiger partial charge in [0, 0.05) is 5.92 Å². The van der Waals surface area contributed by atoms with Crippen molar-refractivity contribution in [3.05, 3.63) is 42.1 Å². The van der Waals surface area contributed by atoms with Crippen LogP contribution in [-0.2, 0) is 0 Å². The predicted octanol–water partition coefficient (Wildman–Crippen LogP) is 2.13. The summed E-state index contributed by atoms with van der Waals surface area (Å²) in [6, 6.07) is 6.19. The lowest BCUT2D eigenvalue weighted by Gasteiger charge is -2.10. The van der Waals surface area contributed by atoms with Crippen molar-refractivity contribution in [2.45, 2.75) is 12.8 Å². The highest BCUT2D eigenvalue weighted by Crippen LogP contribution is 2.17. The van der Waals surface area contributed by atoms with Crippen LogP contribution in [0.3, 0.4) is 0 Å². The van der Waals surface area contributed by atoms with E-state index in [2.05, 4.69) is 0 Å². The SMILES string of the molecule is C[CH]C(CO)c1ccc(F)cc1. The molecule has 0 bridgehead atoms. The number of aliphatic hydroxyl groups excluding tert-OH is 1. The Labute approximate surface area is 71.9 Å². The first-order valence-electron chi connectivity index (χ1n) is 3.93. The Balaban J connectivity index is 2.80. The van der Waals surface area contributed by atoms with Gasteiger partial charge in [0.05, 0.1) is 6.61 Å². The summed E-state index contributed by atoms with van der Waals surface area (Å²) in [7, 11) is 0. The fraction of sp³-hybridized carbons (Fsp3) is 0.300. The van der Waals surface area contributed by atoms with Crippen molar-refractivity contribution in [2.75, 3.05) is 6.61 Å². The molecule has 0 amide bonds. The number of aliphatic hydroxyl groups is 1. The summed E-state index contributed by atoms with van der Waals surface area (Å²) in [5, 5.41) is 8.92. The van der Waals surface area contributed by atoms with Gasteiger partial charge in [-0.2, -0.15) is 0 Å². The lowest BCUT2D eigenvalue weighted by atomic mass is 9.98. The Morgan fingerprint density at radius 2 is 2.00 bits per heavy atom. The molecular weight excluding hydrogens is 155 g/mol. The van der Waals surface area contributed by atoms with Crippen LogP contribution in [0.4, 0.5) is 4.39 Å². The maximum absolute atomic E-state index is 12.5. The minimum absolute atomic E-state index is 0.0191. The van der Waals surface area contributed by atoms with E-state index in [-0.39, 0.29) is 18.3 Å². The Kier molecular flexibility index (Phi) is 3.23. The Morgan fingerprint density at radius 3 is 2.42 bits per heavy atom. The number of hydrogen-bond donors (Lipinski definition) is 1. The lowest BCUT2D eigenvalue weighted by Crippen LogP contribution is -2.02. The van der Waals surface area contributed by atoms with Crippen molar-refractivity contribution < 1.29 is 9.50 Å². The van der Waals surface area contributed by atoms with Gasteiger partial charge < -0.3 is 5.11 Å².